The zero-order chi connectivity index (χ0) is 15.0. The molecule has 0 aliphatic rings. The Hall–Kier alpha value is -2.42. The van der Waals surface area contributed by atoms with Gasteiger partial charge in [-0.1, -0.05) is 30.3 Å². The average Bonchev–Trinajstić information content (AvgIpc) is 2.90. The molecule has 106 valence electrons. The second-order valence-corrected chi connectivity index (χ2v) is 5.48. The Morgan fingerprint density at radius 1 is 1.10 bits per heavy atom. The van der Waals surface area contributed by atoms with Crippen molar-refractivity contribution in [3.05, 3.63) is 65.5 Å². The van der Waals surface area contributed by atoms with Crippen molar-refractivity contribution < 1.29 is 4.79 Å². The zero-order valence-electron chi connectivity index (χ0n) is 12.5. The van der Waals surface area contributed by atoms with Gasteiger partial charge in [-0.3, -0.25) is 4.79 Å². The van der Waals surface area contributed by atoms with Crippen molar-refractivity contribution in [3.63, 3.8) is 0 Å². The standard InChI is InChI=1S/C18H18N2O/c1-12-9-16-17(10-13(12)2)20(11-19-16)14(3)18(21)15-7-5-4-6-8-15/h4-11,14H,1-3H3. The lowest BCUT2D eigenvalue weighted by molar-refractivity contribution is 0.0937. The first-order valence-electron chi connectivity index (χ1n) is 7.11. The van der Waals surface area contributed by atoms with E-state index in [0.717, 1.165) is 16.6 Å². The van der Waals surface area contributed by atoms with E-state index in [2.05, 4.69) is 31.0 Å². The average molecular weight is 278 g/mol. The smallest absolute Gasteiger partial charge is 0.185 e. The van der Waals surface area contributed by atoms with Gasteiger partial charge in [0.2, 0.25) is 0 Å². The second-order valence-electron chi connectivity index (χ2n) is 5.48. The van der Waals surface area contributed by atoms with E-state index in [1.165, 1.54) is 11.1 Å². The van der Waals surface area contributed by atoms with Crippen LogP contribution >= 0.6 is 0 Å². The summed E-state index contributed by atoms with van der Waals surface area (Å²) >= 11 is 0. The number of ketones is 1. The molecule has 0 aliphatic carbocycles. The fourth-order valence-corrected chi connectivity index (χ4v) is 2.56. The summed E-state index contributed by atoms with van der Waals surface area (Å²) in [6, 6.07) is 13.3. The third-order valence-electron chi connectivity index (χ3n) is 4.05. The molecule has 21 heavy (non-hydrogen) atoms. The first-order valence-corrected chi connectivity index (χ1v) is 7.11. The lowest BCUT2D eigenvalue weighted by Crippen LogP contribution is -2.15. The number of carbonyl (C=O) groups excluding carboxylic acids is 1. The van der Waals surface area contributed by atoms with E-state index < -0.39 is 0 Å². The van der Waals surface area contributed by atoms with Gasteiger partial charge in [0.05, 0.1) is 23.4 Å². The van der Waals surface area contributed by atoms with E-state index in [9.17, 15) is 4.79 Å². The van der Waals surface area contributed by atoms with Crippen LogP contribution < -0.4 is 0 Å². The van der Waals surface area contributed by atoms with Crippen molar-refractivity contribution in [1.82, 2.24) is 9.55 Å². The van der Waals surface area contributed by atoms with E-state index in [1.54, 1.807) is 6.33 Å². The van der Waals surface area contributed by atoms with E-state index in [4.69, 9.17) is 0 Å². The predicted octanol–water partition coefficient (Wildman–Crippen LogP) is 4.10. The van der Waals surface area contributed by atoms with Crippen LogP contribution in [0.5, 0.6) is 0 Å². The second kappa shape index (κ2) is 5.17. The van der Waals surface area contributed by atoms with Crippen LogP contribution in [0.15, 0.2) is 48.8 Å². The third kappa shape index (κ3) is 2.35. The van der Waals surface area contributed by atoms with Crippen LogP contribution in [0.3, 0.4) is 0 Å². The number of aromatic nitrogens is 2. The van der Waals surface area contributed by atoms with Gasteiger partial charge < -0.3 is 4.57 Å². The molecule has 1 heterocycles. The highest BCUT2D eigenvalue weighted by atomic mass is 16.1. The molecule has 0 fully saturated rings. The van der Waals surface area contributed by atoms with Crippen molar-refractivity contribution >= 4 is 16.8 Å². The molecule has 0 saturated heterocycles. The van der Waals surface area contributed by atoms with Gasteiger partial charge in [-0.25, -0.2) is 4.98 Å². The van der Waals surface area contributed by atoms with Gasteiger partial charge in [0, 0.05) is 5.56 Å². The van der Waals surface area contributed by atoms with Gasteiger partial charge in [0.1, 0.15) is 0 Å². The van der Waals surface area contributed by atoms with Gasteiger partial charge in [-0.15, -0.1) is 0 Å². The van der Waals surface area contributed by atoms with Crippen molar-refractivity contribution in [2.24, 2.45) is 0 Å². The Balaban J connectivity index is 2.04. The first kappa shape index (κ1) is 13.6. The van der Waals surface area contributed by atoms with E-state index >= 15 is 0 Å². The minimum atomic E-state index is -0.264. The molecule has 0 N–H and O–H groups in total. The number of aryl methyl sites for hydroxylation is 2. The van der Waals surface area contributed by atoms with Gasteiger partial charge >= 0.3 is 0 Å². The van der Waals surface area contributed by atoms with Crippen LogP contribution in [0, 0.1) is 13.8 Å². The molecule has 0 amide bonds. The lowest BCUT2D eigenvalue weighted by atomic mass is 10.0. The summed E-state index contributed by atoms with van der Waals surface area (Å²) in [4.78, 5) is 17.0. The number of benzene rings is 2. The van der Waals surface area contributed by atoms with Crippen molar-refractivity contribution in [1.29, 1.82) is 0 Å². The van der Waals surface area contributed by atoms with Crippen molar-refractivity contribution in [2.45, 2.75) is 26.8 Å². The zero-order valence-corrected chi connectivity index (χ0v) is 12.5. The van der Waals surface area contributed by atoms with Crippen LogP contribution in [0.1, 0.15) is 34.5 Å². The summed E-state index contributed by atoms with van der Waals surface area (Å²) < 4.78 is 1.96. The maximum atomic E-state index is 12.6. The number of rotatable bonds is 3. The third-order valence-corrected chi connectivity index (χ3v) is 4.05. The molecule has 3 aromatic rings. The van der Waals surface area contributed by atoms with Gasteiger partial charge in [-0.05, 0) is 44.0 Å². The minimum Gasteiger partial charge on any atom is -0.320 e. The molecule has 3 rings (SSSR count). The summed E-state index contributed by atoms with van der Waals surface area (Å²) in [5.41, 5.74) is 5.11. The number of carbonyl (C=O) groups is 1. The molecule has 3 heteroatoms. The van der Waals surface area contributed by atoms with Crippen LogP contribution in [-0.4, -0.2) is 15.3 Å². The number of fused-ring (bicyclic) bond motifs is 1. The highest BCUT2D eigenvalue weighted by Crippen LogP contribution is 2.23. The van der Waals surface area contributed by atoms with Gasteiger partial charge in [-0.2, -0.15) is 0 Å². The molecule has 0 radical (unpaired) electrons. The highest BCUT2D eigenvalue weighted by Gasteiger charge is 2.18. The predicted molar refractivity (Wildman–Crippen MR) is 84.7 cm³/mol. The number of hydrogen-bond acceptors (Lipinski definition) is 2. The van der Waals surface area contributed by atoms with Crippen LogP contribution in [0.2, 0.25) is 0 Å². The maximum Gasteiger partial charge on any atom is 0.185 e. The number of Topliss-reactive ketones (excluding diaryl/α,β-unsaturated/α-hetero) is 1. The van der Waals surface area contributed by atoms with Crippen LogP contribution in [-0.2, 0) is 0 Å². The number of imidazole rings is 1. The molecule has 0 saturated carbocycles. The van der Waals surface area contributed by atoms with Gasteiger partial charge in [0.15, 0.2) is 5.78 Å². The Labute approximate surface area is 124 Å². The number of nitrogens with zero attached hydrogens (tertiary/aromatic N) is 2. The largest absolute Gasteiger partial charge is 0.320 e. The molecular weight excluding hydrogens is 260 g/mol. The molecule has 0 spiro atoms. The maximum absolute atomic E-state index is 12.6. The summed E-state index contributed by atoms with van der Waals surface area (Å²) in [5.74, 6) is 0.105. The van der Waals surface area contributed by atoms with E-state index in [-0.39, 0.29) is 11.8 Å². The molecule has 1 unspecified atom stereocenters. The molecule has 1 atom stereocenters. The quantitative estimate of drug-likeness (QED) is 0.676. The first-order chi connectivity index (χ1) is 10.1. The van der Waals surface area contributed by atoms with E-state index in [1.807, 2.05) is 41.8 Å². The Morgan fingerprint density at radius 2 is 1.76 bits per heavy atom. The number of hydrogen-bond donors (Lipinski definition) is 0. The van der Waals surface area contributed by atoms with Crippen molar-refractivity contribution in [3.8, 4) is 0 Å². The normalized spacial score (nSPS) is 12.5. The summed E-state index contributed by atoms with van der Waals surface area (Å²) in [6.45, 7) is 6.08. The monoisotopic (exact) mass is 278 g/mol. The topological polar surface area (TPSA) is 34.9 Å². The molecule has 0 bridgehead atoms. The molecular formula is C18H18N2O. The van der Waals surface area contributed by atoms with Gasteiger partial charge in [0.25, 0.3) is 0 Å². The minimum absolute atomic E-state index is 0.105. The molecule has 2 aromatic carbocycles. The summed E-state index contributed by atoms with van der Waals surface area (Å²) in [6.07, 6.45) is 1.76. The SMILES string of the molecule is Cc1cc2ncn(C(C)C(=O)c3ccccc3)c2cc1C. The molecule has 0 aliphatic heterocycles. The fraction of sp³-hybridized carbons (Fsp3) is 0.222. The molecule has 1 aromatic heterocycles. The lowest BCUT2D eigenvalue weighted by Gasteiger charge is -2.14. The molecule has 3 nitrogen and oxygen atoms in total. The Morgan fingerprint density at radius 3 is 2.48 bits per heavy atom. The summed E-state index contributed by atoms with van der Waals surface area (Å²) in [7, 11) is 0. The van der Waals surface area contributed by atoms with Crippen LogP contribution in [0.25, 0.3) is 11.0 Å². The van der Waals surface area contributed by atoms with Crippen molar-refractivity contribution in [2.75, 3.05) is 0 Å². The Kier molecular flexibility index (Phi) is 3.34. The highest BCUT2D eigenvalue weighted by molar-refractivity contribution is 5.99. The summed E-state index contributed by atoms with van der Waals surface area (Å²) in [5, 5.41) is 0. The fourth-order valence-electron chi connectivity index (χ4n) is 2.56. The van der Waals surface area contributed by atoms with Crippen LogP contribution in [0.4, 0.5) is 0 Å². The van der Waals surface area contributed by atoms with E-state index in [0.29, 0.717) is 0 Å². The Bertz CT molecular complexity index is 803.